The Balaban J connectivity index is 1.88. The summed E-state index contributed by atoms with van der Waals surface area (Å²) in [5, 5.41) is 16.4. The van der Waals surface area contributed by atoms with Gasteiger partial charge in [0.05, 0.1) is 44.7 Å². The van der Waals surface area contributed by atoms with Gasteiger partial charge in [0.1, 0.15) is 11.4 Å². The summed E-state index contributed by atoms with van der Waals surface area (Å²) < 4.78 is 7.28. The lowest BCUT2D eigenvalue weighted by Gasteiger charge is -2.13. The Morgan fingerprint density at radius 3 is 2.37 bits per heavy atom. The lowest BCUT2D eigenvalue weighted by atomic mass is 10.1. The van der Waals surface area contributed by atoms with E-state index < -0.39 is 5.60 Å². The molecule has 0 bridgehead atoms. The van der Waals surface area contributed by atoms with Gasteiger partial charge in [-0.3, -0.25) is 0 Å². The third kappa shape index (κ3) is 3.86. The van der Waals surface area contributed by atoms with Gasteiger partial charge in [-0.1, -0.05) is 41.4 Å². The fraction of sp³-hybridized carbons (Fsp3) is 0.174. The van der Waals surface area contributed by atoms with Crippen LogP contribution in [0.25, 0.3) is 26.7 Å². The zero-order valence-corrected chi connectivity index (χ0v) is 19.0. The Hall–Kier alpha value is -2.31. The molecule has 1 N–H and O–H groups in total. The normalized spacial score (nSPS) is 11.7. The van der Waals surface area contributed by atoms with Gasteiger partial charge in [0.25, 0.3) is 0 Å². The highest BCUT2D eigenvalue weighted by atomic mass is 35.5. The number of aliphatic hydroxyl groups is 1. The van der Waals surface area contributed by atoms with Crippen molar-refractivity contribution in [2.45, 2.75) is 19.4 Å². The summed E-state index contributed by atoms with van der Waals surface area (Å²) in [5.74, 6) is 0.715. The van der Waals surface area contributed by atoms with E-state index in [0.29, 0.717) is 21.5 Å². The van der Waals surface area contributed by atoms with Gasteiger partial charge in [-0.15, -0.1) is 11.3 Å². The van der Waals surface area contributed by atoms with Crippen LogP contribution < -0.4 is 4.74 Å². The second-order valence-corrected chi connectivity index (χ2v) is 9.22. The second-order valence-electron chi connectivity index (χ2n) is 7.32. The van der Waals surface area contributed by atoms with E-state index in [1.54, 1.807) is 37.0 Å². The molecule has 0 saturated carbocycles. The second kappa shape index (κ2) is 8.08. The first kappa shape index (κ1) is 20.9. The summed E-state index contributed by atoms with van der Waals surface area (Å²) in [6, 6.07) is 19.0. The number of hydrogen-bond donors (Lipinski definition) is 1. The smallest absolute Gasteiger partial charge is 0.129 e. The van der Waals surface area contributed by atoms with Crippen molar-refractivity contribution in [2.24, 2.45) is 0 Å². The molecule has 2 aromatic carbocycles. The van der Waals surface area contributed by atoms with Crippen LogP contribution in [0.15, 0.2) is 60.7 Å². The lowest BCUT2D eigenvalue weighted by molar-refractivity contribution is 0.0734. The van der Waals surface area contributed by atoms with Gasteiger partial charge in [0, 0.05) is 4.88 Å². The number of para-hydroxylation sites is 1. The standard InChI is InChI=1S/C23H20Cl2N2O2S/c1-23(2,28)21-13-17(27(26-21)16-9-5-4-7-14(16)24)19-11-12-20(30-19)22-15(25)8-6-10-18(22)29-3/h4-13,28H,1-3H3. The van der Waals surface area contributed by atoms with Crippen LogP contribution in [0, 0.1) is 0 Å². The number of rotatable bonds is 5. The highest BCUT2D eigenvalue weighted by Crippen LogP contribution is 2.43. The van der Waals surface area contributed by atoms with Crippen LogP contribution in [0.3, 0.4) is 0 Å². The zero-order chi connectivity index (χ0) is 21.5. The quantitative estimate of drug-likeness (QED) is 0.357. The molecule has 2 heterocycles. The Morgan fingerprint density at radius 2 is 1.67 bits per heavy atom. The number of benzene rings is 2. The van der Waals surface area contributed by atoms with E-state index in [9.17, 15) is 5.11 Å². The lowest BCUT2D eigenvalue weighted by Crippen LogP contribution is -2.16. The van der Waals surface area contributed by atoms with Crippen LogP contribution in [0.5, 0.6) is 5.75 Å². The molecular weight excluding hydrogens is 439 g/mol. The molecule has 4 rings (SSSR count). The monoisotopic (exact) mass is 458 g/mol. The third-order valence-corrected chi connectivity index (χ3v) is 6.48. The number of halogens is 2. The Kier molecular flexibility index (Phi) is 5.64. The Morgan fingerprint density at radius 1 is 0.967 bits per heavy atom. The summed E-state index contributed by atoms with van der Waals surface area (Å²) in [6.45, 7) is 3.43. The van der Waals surface area contributed by atoms with Crippen LogP contribution in [-0.2, 0) is 5.60 Å². The molecule has 0 atom stereocenters. The van der Waals surface area contributed by atoms with Crippen molar-refractivity contribution in [1.82, 2.24) is 9.78 Å². The minimum Gasteiger partial charge on any atom is -0.496 e. The fourth-order valence-corrected chi connectivity index (χ4v) is 4.80. The SMILES string of the molecule is COc1cccc(Cl)c1-c1ccc(-c2cc(C(C)(C)O)nn2-c2ccccc2Cl)s1. The molecule has 0 fully saturated rings. The van der Waals surface area contributed by atoms with Crippen LogP contribution in [0.2, 0.25) is 10.0 Å². The number of methoxy groups -OCH3 is 1. The number of ether oxygens (including phenoxy) is 1. The molecule has 7 heteroatoms. The van der Waals surface area contributed by atoms with E-state index >= 15 is 0 Å². The van der Waals surface area contributed by atoms with Crippen molar-refractivity contribution in [2.75, 3.05) is 7.11 Å². The van der Waals surface area contributed by atoms with Gasteiger partial charge in [-0.05, 0) is 56.3 Å². The van der Waals surface area contributed by atoms with Gasteiger partial charge in [0.2, 0.25) is 0 Å². The molecule has 0 aliphatic carbocycles. The highest BCUT2D eigenvalue weighted by Gasteiger charge is 2.24. The predicted molar refractivity (Wildman–Crippen MR) is 124 cm³/mol. The van der Waals surface area contributed by atoms with E-state index in [0.717, 1.165) is 26.7 Å². The Labute approximate surface area is 189 Å². The molecule has 0 saturated heterocycles. The molecule has 2 aromatic heterocycles. The maximum atomic E-state index is 10.5. The molecule has 0 amide bonds. The molecule has 4 aromatic rings. The maximum absolute atomic E-state index is 10.5. The van der Waals surface area contributed by atoms with Gasteiger partial charge < -0.3 is 9.84 Å². The van der Waals surface area contributed by atoms with Crippen molar-refractivity contribution in [3.63, 3.8) is 0 Å². The van der Waals surface area contributed by atoms with Crippen LogP contribution >= 0.6 is 34.5 Å². The zero-order valence-electron chi connectivity index (χ0n) is 16.7. The van der Waals surface area contributed by atoms with E-state index in [1.807, 2.05) is 60.7 Å². The van der Waals surface area contributed by atoms with Gasteiger partial charge >= 0.3 is 0 Å². The van der Waals surface area contributed by atoms with Gasteiger partial charge in [0.15, 0.2) is 0 Å². The van der Waals surface area contributed by atoms with E-state index in [2.05, 4.69) is 5.10 Å². The summed E-state index contributed by atoms with van der Waals surface area (Å²) >= 11 is 14.5. The van der Waals surface area contributed by atoms with Crippen LogP contribution in [0.4, 0.5) is 0 Å². The number of hydrogen-bond acceptors (Lipinski definition) is 4. The van der Waals surface area contributed by atoms with Crippen molar-refractivity contribution in [3.8, 4) is 32.4 Å². The van der Waals surface area contributed by atoms with E-state index in [1.165, 1.54) is 0 Å². The maximum Gasteiger partial charge on any atom is 0.129 e. The molecule has 0 unspecified atom stereocenters. The molecule has 0 aliphatic heterocycles. The van der Waals surface area contributed by atoms with Crippen LogP contribution in [-0.4, -0.2) is 22.0 Å². The molecule has 0 spiro atoms. The minimum atomic E-state index is -1.09. The summed E-state index contributed by atoms with van der Waals surface area (Å²) in [5.41, 5.74) is 1.90. The summed E-state index contributed by atoms with van der Waals surface area (Å²) in [7, 11) is 1.63. The van der Waals surface area contributed by atoms with E-state index in [4.69, 9.17) is 27.9 Å². The molecule has 0 radical (unpaired) electrons. The minimum absolute atomic E-state index is 0.558. The molecule has 30 heavy (non-hydrogen) atoms. The molecular formula is C23H20Cl2N2O2S. The number of aromatic nitrogens is 2. The number of thiophene rings is 1. The largest absolute Gasteiger partial charge is 0.496 e. The van der Waals surface area contributed by atoms with Crippen molar-refractivity contribution < 1.29 is 9.84 Å². The van der Waals surface area contributed by atoms with Crippen molar-refractivity contribution in [3.05, 3.63) is 76.4 Å². The summed E-state index contributed by atoms with van der Waals surface area (Å²) in [4.78, 5) is 1.94. The van der Waals surface area contributed by atoms with Gasteiger partial charge in [-0.25, -0.2) is 4.68 Å². The molecule has 0 aliphatic rings. The number of nitrogens with zero attached hydrogens (tertiary/aromatic N) is 2. The van der Waals surface area contributed by atoms with Crippen molar-refractivity contribution in [1.29, 1.82) is 0 Å². The molecule has 154 valence electrons. The van der Waals surface area contributed by atoms with Crippen LogP contribution in [0.1, 0.15) is 19.5 Å². The summed E-state index contributed by atoms with van der Waals surface area (Å²) in [6.07, 6.45) is 0. The first-order valence-corrected chi connectivity index (χ1v) is 10.9. The average Bonchev–Trinajstić information content (AvgIpc) is 3.35. The average molecular weight is 459 g/mol. The topological polar surface area (TPSA) is 47.3 Å². The molecule has 4 nitrogen and oxygen atoms in total. The highest BCUT2D eigenvalue weighted by molar-refractivity contribution is 7.18. The van der Waals surface area contributed by atoms with Crippen molar-refractivity contribution >= 4 is 34.5 Å². The Bertz CT molecular complexity index is 1210. The van der Waals surface area contributed by atoms with E-state index in [-0.39, 0.29) is 0 Å². The predicted octanol–water partition coefficient (Wildman–Crippen LogP) is 6.81. The third-order valence-electron chi connectivity index (χ3n) is 4.72. The first-order chi connectivity index (χ1) is 14.3. The van der Waals surface area contributed by atoms with Gasteiger partial charge in [-0.2, -0.15) is 5.10 Å². The fourth-order valence-electron chi connectivity index (χ4n) is 3.19. The first-order valence-electron chi connectivity index (χ1n) is 9.30.